The highest BCUT2D eigenvalue weighted by Crippen LogP contribution is 2.30. The molecular formula is C11H5F3N4. The minimum absolute atomic E-state index is 0.0179. The standard InChI is InChI=1S/C11H5F3N4/c12-11(13,14)10-3-7(1-2-17-10)8-5-16-6-18-9(8)4-15/h1-3,5-6H. The Bertz CT molecular complexity index is 616. The van der Waals surface area contributed by atoms with Crippen LogP contribution in [0, 0.1) is 11.3 Å². The van der Waals surface area contributed by atoms with Crippen molar-refractivity contribution in [2.45, 2.75) is 6.18 Å². The Balaban J connectivity index is 2.56. The van der Waals surface area contributed by atoms with Crippen LogP contribution in [0.1, 0.15) is 11.4 Å². The first kappa shape index (κ1) is 12.0. The summed E-state index contributed by atoms with van der Waals surface area (Å²) in [7, 11) is 0. The molecule has 0 aliphatic rings. The average Bonchev–Trinajstić information content (AvgIpc) is 2.38. The minimum atomic E-state index is -4.53. The van der Waals surface area contributed by atoms with Crippen molar-refractivity contribution in [3.63, 3.8) is 0 Å². The van der Waals surface area contributed by atoms with Crippen LogP contribution in [0.15, 0.2) is 30.9 Å². The number of nitriles is 1. The summed E-state index contributed by atoms with van der Waals surface area (Å²) in [5.41, 5.74) is -0.556. The molecule has 0 aromatic carbocycles. The molecule has 2 rings (SSSR count). The lowest BCUT2D eigenvalue weighted by Gasteiger charge is -2.07. The van der Waals surface area contributed by atoms with E-state index in [1.54, 1.807) is 6.07 Å². The Labute approximate surface area is 99.8 Å². The number of hydrogen-bond acceptors (Lipinski definition) is 4. The molecule has 2 aromatic heterocycles. The van der Waals surface area contributed by atoms with E-state index in [-0.39, 0.29) is 16.8 Å². The molecule has 0 fully saturated rings. The third kappa shape index (κ3) is 2.27. The zero-order valence-corrected chi connectivity index (χ0v) is 8.81. The monoisotopic (exact) mass is 250 g/mol. The Morgan fingerprint density at radius 3 is 2.67 bits per heavy atom. The second kappa shape index (κ2) is 4.41. The number of halogens is 3. The molecule has 4 nitrogen and oxygen atoms in total. The van der Waals surface area contributed by atoms with Gasteiger partial charge in [0.15, 0.2) is 5.69 Å². The van der Waals surface area contributed by atoms with Crippen molar-refractivity contribution in [1.82, 2.24) is 15.0 Å². The number of aromatic nitrogens is 3. The maximum Gasteiger partial charge on any atom is 0.433 e. The van der Waals surface area contributed by atoms with Gasteiger partial charge in [-0.25, -0.2) is 9.97 Å². The molecule has 0 aliphatic heterocycles. The first-order valence-corrected chi connectivity index (χ1v) is 4.76. The van der Waals surface area contributed by atoms with E-state index in [1.165, 1.54) is 12.3 Å². The van der Waals surface area contributed by atoms with Crippen LogP contribution in [0.2, 0.25) is 0 Å². The molecule has 0 N–H and O–H groups in total. The second-order valence-corrected chi connectivity index (χ2v) is 3.32. The van der Waals surface area contributed by atoms with Crippen LogP contribution < -0.4 is 0 Å². The van der Waals surface area contributed by atoms with Gasteiger partial charge in [0.05, 0.1) is 0 Å². The Morgan fingerprint density at radius 1 is 1.22 bits per heavy atom. The first-order valence-electron chi connectivity index (χ1n) is 4.76. The predicted molar refractivity (Wildman–Crippen MR) is 55.0 cm³/mol. The predicted octanol–water partition coefficient (Wildman–Crippen LogP) is 2.43. The largest absolute Gasteiger partial charge is 0.433 e. The topological polar surface area (TPSA) is 62.5 Å². The fourth-order valence-corrected chi connectivity index (χ4v) is 1.38. The molecule has 0 radical (unpaired) electrons. The summed E-state index contributed by atoms with van der Waals surface area (Å²) < 4.78 is 37.5. The van der Waals surface area contributed by atoms with E-state index < -0.39 is 11.9 Å². The zero-order valence-electron chi connectivity index (χ0n) is 8.81. The van der Waals surface area contributed by atoms with Gasteiger partial charge in [0.25, 0.3) is 0 Å². The van der Waals surface area contributed by atoms with Gasteiger partial charge in [-0.1, -0.05) is 0 Å². The van der Waals surface area contributed by atoms with Gasteiger partial charge in [0.1, 0.15) is 18.1 Å². The van der Waals surface area contributed by atoms with E-state index in [4.69, 9.17) is 5.26 Å². The first-order chi connectivity index (χ1) is 8.52. The zero-order chi connectivity index (χ0) is 13.2. The number of alkyl halides is 3. The second-order valence-electron chi connectivity index (χ2n) is 3.32. The van der Waals surface area contributed by atoms with Gasteiger partial charge in [0.2, 0.25) is 0 Å². The van der Waals surface area contributed by atoms with Crippen LogP contribution >= 0.6 is 0 Å². The van der Waals surface area contributed by atoms with Crippen LogP contribution in [-0.4, -0.2) is 15.0 Å². The molecule has 0 bridgehead atoms. The molecular weight excluding hydrogens is 245 g/mol. The minimum Gasteiger partial charge on any atom is -0.252 e. The van der Waals surface area contributed by atoms with E-state index in [0.717, 1.165) is 18.6 Å². The van der Waals surface area contributed by atoms with E-state index >= 15 is 0 Å². The Kier molecular flexibility index (Phi) is 2.93. The molecule has 0 unspecified atom stereocenters. The highest BCUT2D eigenvalue weighted by Gasteiger charge is 2.32. The highest BCUT2D eigenvalue weighted by atomic mass is 19.4. The maximum atomic E-state index is 12.5. The van der Waals surface area contributed by atoms with Crippen LogP contribution in [-0.2, 0) is 6.18 Å². The molecule has 0 atom stereocenters. The molecule has 18 heavy (non-hydrogen) atoms. The van der Waals surface area contributed by atoms with Crippen molar-refractivity contribution in [3.05, 3.63) is 42.2 Å². The van der Waals surface area contributed by atoms with Gasteiger partial charge in [0, 0.05) is 18.0 Å². The third-order valence-electron chi connectivity index (χ3n) is 2.18. The Morgan fingerprint density at radius 2 is 2.00 bits per heavy atom. The molecule has 0 aliphatic carbocycles. The molecule has 0 amide bonds. The van der Waals surface area contributed by atoms with E-state index in [0.29, 0.717) is 0 Å². The molecule has 2 heterocycles. The summed E-state index contributed by atoms with van der Waals surface area (Å²) in [5, 5.41) is 8.83. The van der Waals surface area contributed by atoms with Gasteiger partial charge in [-0.05, 0) is 17.7 Å². The lowest BCUT2D eigenvalue weighted by atomic mass is 10.1. The average molecular weight is 250 g/mol. The number of hydrogen-bond donors (Lipinski definition) is 0. The van der Waals surface area contributed by atoms with Gasteiger partial charge in [-0.15, -0.1) is 0 Å². The van der Waals surface area contributed by atoms with Crippen LogP contribution in [0.3, 0.4) is 0 Å². The number of rotatable bonds is 1. The van der Waals surface area contributed by atoms with Crippen molar-refractivity contribution in [2.24, 2.45) is 0 Å². The molecule has 0 saturated heterocycles. The summed E-state index contributed by atoms with van der Waals surface area (Å²) in [6, 6.07) is 4.03. The van der Waals surface area contributed by atoms with Gasteiger partial charge >= 0.3 is 6.18 Å². The van der Waals surface area contributed by atoms with Crippen molar-refractivity contribution in [2.75, 3.05) is 0 Å². The van der Waals surface area contributed by atoms with Gasteiger partial charge in [-0.3, -0.25) is 4.98 Å². The van der Waals surface area contributed by atoms with Gasteiger partial charge < -0.3 is 0 Å². The smallest absolute Gasteiger partial charge is 0.252 e. The quantitative estimate of drug-likeness (QED) is 0.779. The van der Waals surface area contributed by atoms with Crippen molar-refractivity contribution < 1.29 is 13.2 Å². The van der Waals surface area contributed by atoms with Crippen LogP contribution in [0.4, 0.5) is 13.2 Å². The van der Waals surface area contributed by atoms with Crippen LogP contribution in [0.5, 0.6) is 0 Å². The fourth-order valence-electron chi connectivity index (χ4n) is 1.38. The third-order valence-corrected chi connectivity index (χ3v) is 2.18. The summed E-state index contributed by atoms with van der Waals surface area (Å²) in [4.78, 5) is 10.6. The van der Waals surface area contributed by atoms with Crippen molar-refractivity contribution in [1.29, 1.82) is 5.26 Å². The highest BCUT2D eigenvalue weighted by molar-refractivity contribution is 5.67. The molecule has 7 heteroatoms. The SMILES string of the molecule is N#Cc1ncncc1-c1ccnc(C(F)(F)F)c1. The van der Waals surface area contributed by atoms with Crippen LogP contribution in [0.25, 0.3) is 11.1 Å². The normalized spacial score (nSPS) is 11.0. The summed E-state index contributed by atoms with van der Waals surface area (Å²) in [5.74, 6) is 0. The number of pyridine rings is 1. The molecule has 0 spiro atoms. The number of nitrogens with zero attached hydrogens (tertiary/aromatic N) is 4. The van der Waals surface area contributed by atoms with E-state index in [9.17, 15) is 13.2 Å². The summed E-state index contributed by atoms with van der Waals surface area (Å²) in [6.45, 7) is 0. The Hall–Kier alpha value is -2.49. The lowest BCUT2D eigenvalue weighted by Crippen LogP contribution is -2.07. The fraction of sp³-hybridized carbons (Fsp3) is 0.0909. The lowest BCUT2D eigenvalue weighted by molar-refractivity contribution is -0.141. The maximum absolute atomic E-state index is 12.5. The van der Waals surface area contributed by atoms with Crippen molar-refractivity contribution in [3.8, 4) is 17.2 Å². The molecule has 0 saturated carbocycles. The van der Waals surface area contributed by atoms with Crippen molar-refractivity contribution >= 4 is 0 Å². The van der Waals surface area contributed by atoms with Gasteiger partial charge in [-0.2, -0.15) is 18.4 Å². The van der Waals surface area contributed by atoms with E-state index in [1.807, 2.05) is 0 Å². The summed E-state index contributed by atoms with van der Waals surface area (Å²) >= 11 is 0. The molecule has 2 aromatic rings. The summed E-state index contributed by atoms with van der Waals surface area (Å²) in [6.07, 6.45) is -1.04. The molecule has 90 valence electrons. The van der Waals surface area contributed by atoms with E-state index in [2.05, 4.69) is 15.0 Å².